The molecule has 1 atom stereocenters. The molecule has 7 nitrogen and oxygen atoms in total. The fourth-order valence-corrected chi connectivity index (χ4v) is 2.42. The van der Waals surface area contributed by atoms with Gasteiger partial charge >= 0.3 is 12.1 Å². The Morgan fingerprint density at radius 1 is 1.04 bits per heavy atom. The minimum Gasteiger partial charge on any atom is -0.478 e. The second kappa shape index (κ2) is 8.18. The van der Waals surface area contributed by atoms with Crippen LogP contribution in [0.1, 0.15) is 22.8 Å². The summed E-state index contributed by atoms with van der Waals surface area (Å²) in [6, 6.07) is 14.1. The summed E-state index contributed by atoms with van der Waals surface area (Å²) in [5, 5.41) is 9.07. The molecular weight excluding hydrogens is 340 g/mol. The van der Waals surface area contributed by atoms with Gasteiger partial charge in [-0.3, -0.25) is 9.47 Å². The summed E-state index contributed by atoms with van der Waals surface area (Å²) in [5.41, 5.74) is 1.15. The Hall–Kier alpha value is -2.61. The molecular formula is C19H20O7. The largest absolute Gasteiger partial charge is 0.510 e. The number of hydrogen-bond donors (Lipinski definition) is 1. The van der Waals surface area contributed by atoms with Crippen LogP contribution < -0.4 is 9.47 Å². The number of fused-ring (bicyclic) bond motifs is 1. The molecule has 3 rings (SSSR count). The SMILES string of the molecule is CCOC1(OCCOCc2ccccc2)Oc2ccc(C(=O)O)cc2O1. The van der Waals surface area contributed by atoms with Gasteiger partial charge in [-0.2, -0.15) is 0 Å². The van der Waals surface area contributed by atoms with Crippen LogP contribution in [0.25, 0.3) is 0 Å². The van der Waals surface area contributed by atoms with E-state index >= 15 is 0 Å². The molecule has 2 aromatic carbocycles. The van der Waals surface area contributed by atoms with Gasteiger partial charge in [-0.1, -0.05) is 30.3 Å². The number of rotatable bonds is 9. The first kappa shape index (κ1) is 18.2. The maximum absolute atomic E-state index is 11.1. The molecule has 0 aliphatic carbocycles. The molecule has 2 aromatic rings. The summed E-state index contributed by atoms with van der Waals surface area (Å²) in [5.74, 6) is -0.447. The van der Waals surface area contributed by atoms with Crippen molar-refractivity contribution >= 4 is 5.97 Å². The van der Waals surface area contributed by atoms with Crippen LogP contribution in [0.5, 0.6) is 11.5 Å². The van der Waals surface area contributed by atoms with E-state index in [0.29, 0.717) is 19.0 Å². The van der Waals surface area contributed by atoms with E-state index in [1.807, 2.05) is 30.3 Å². The van der Waals surface area contributed by atoms with Gasteiger partial charge in [0.1, 0.15) is 0 Å². The molecule has 0 saturated heterocycles. The predicted octanol–water partition coefficient (Wildman–Crippen LogP) is 3.04. The van der Waals surface area contributed by atoms with Crippen LogP contribution in [0.4, 0.5) is 0 Å². The number of carbonyl (C=O) groups is 1. The highest BCUT2D eigenvalue weighted by Crippen LogP contribution is 2.41. The van der Waals surface area contributed by atoms with Gasteiger partial charge < -0.3 is 19.3 Å². The molecule has 1 aliphatic heterocycles. The molecule has 138 valence electrons. The average molecular weight is 360 g/mol. The average Bonchev–Trinajstić information content (AvgIpc) is 3.00. The van der Waals surface area contributed by atoms with E-state index < -0.39 is 12.1 Å². The molecule has 0 bridgehead atoms. The lowest BCUT2D eigenvalue weighted by molar-refractivity contribution is -0.425. The van der Waals surface area contributed by atoms with E-state index in [1.165, 1.54) is 18.2 Å². The molecule has 0 spiro atoms. The monoisotopic (exact) mass is 360 g/mol. The van der Waals surface area contributed by atoms with Crippen LogP contribution >= 0.6 is 0 Å². The Bertz CT molecular complexity index is 747. The van der Waals surface area contributed by atoms with Gasteiger partial charge in [-0.05, 0) is 30.7 Å². The molecule has 0 radical (unpaired) electrons. The number of carboxylic acids is 1. The lowest BCUT2D eigenvalue weighted by Crippen LogP contribution is -2.45. The number of aromatic carboxylic acids is 1. The maximum Gasteiger partial charge on any atom is 0.510 e. The van der Waals surface area contributed by atoms with Crippen molar-refractivity contribution in [3.63, 3.8) is 0 Å². The molecule has 1 N–H and O–H groups in total. The van der Waals surface area contributed by atoms with Crippen LogP contribution in [-0.2, 0) is 20.8 Å². The first-order chi connectivity index (χ1) is 12.6. The van der Waals surface area contributed by atoms with Crippen LogP contribution in [0.3, 0.4) is 0 Å². The number of benzene rings is 2. The summed E-state index contributed by atoms with van der Waals surface area (Å²) < 4.78 is 27.9. The summed E-state index contributed by atoms with van der Waals surface area (Å²) in [6.07, 6.45) is -1.73. The highest BCUT2D eigenvalue weighted by molar-refractivity contribution is 5.88. The van der Waals surface area contributed by atoms with Crippen molar-refractivity contribution in [2.45, 2.75) is 19.7 Å². The molecule has 0 fully saturated rings. The Kier molecular flexibility index (Phi) is 5.72. The zero-order valence-electron chi connectivity index (χ0n) is 14.3. The van der Waals surface area contributed by atoms with Crippen molar-refractivity contribution in [3.8, 4) is 11.5 Å². The van der Waals surface area contributed by atoms with Gasteiger partial charge in [0.25, 0.3) is 0 Å². The number of hydrogen-bond acceptors (Lipinski definition) is 6. The van der Waals surface area contributed by atoms with E-state index in [9.17, 15) is 4.79 Å². The smallest absolute Gasteiger partial charge is 0.478 e. The van der Waals surface area contributed by atoms with E-state index in [2.05, 4.69) is 0 Å². The number of ether oxygens (including phenoxy) is 5. The van der Waals surface area contributed by atoms with E-state index in [4.69, 9.17) is 28.8 Å². The molecule has 0 saturated carbocycles. The van der Waals surface area contributed by atoms with Gasteiger partial charge in [0.15, 0.2) is 11.5 Å². The van der Waals surface area contributed by atoms with Crippen molar-refractivity contribution in [2.24, 2.45) is 0 Å². The summed E-state index contributed by atoms with van der Waals surface area (Å²) in [4.78, 5) is 11.1. The predicted molar refractivity (Wildman–Crippen MR) is 91.1 cm³/mol. The van der Waals surface area contributed by atoms with Crippen molar-refractivity contribution in [3.05, 3.63) is 59.7 Å². The molecule has 1 aliphatic rings. The molecule has 26 heavy (non-hydrogen) atoms. The van der Waals surface area contributed by atoms with Crippen molar-refractivity contribution in [1.82, 2.24) is 0 Å². The van der Waals surface area contributed by atoms with E-state index in [0.717, 1.165) is 5.56 Å². The standard InChI is InChI=1S/C19H20O7/c1-2-23-19(24-11-10-22-13-14-6-4-3-5-7-14)25-16-9-8-15(18(20)21)12-17(16)26-19/h3-9,12H,2,10-11,13H2,1H3,(H,20,21). The third kappa shape index (κ3) is 4.32. The molecule has 1 heterocycles. The molecule has 7 heteroatoms. The van der Waals surface area contributed by atoms with Gasteiger partial charge in [0.2, 0.25) is 0 Å². The third-order valence-electron chi connectivity index (χ3n) is 3.60. The second-order valence-corrected chi connectivity index (χ2v) is 5.49. The Morgan fingerprint density at radius 3 is 2.54 bits per heavy atom. The highest BCUT2D eigenvalue weighted by atomic mass is 17.0. The number of carboxylic acid groups (broad SMARTS) is 1. The van der Waals surface area contributed by atoms with E-state index in [1.54, 1.807) is 6.92 Å². The quantitative estimate of drug-likeness (QED) is 0.543. The van der Waals surface area contributed by atoms with Gasteiger partial charge in [0.05, 0.1) is 32.0 Å². The lowest BCUT2D eigenvalue weighted by Gasteiger charge is -2.25. The first-order valence-electron chi connectivity index (χ1n) is 8.27. The third-order valence-corrected chi connectivity index (χ3v) is 3.60. The zero-order valence-corrected chi connectivity index (χ0v) is 14.3. The Morgan fingerprint density at radius 2 is 1.81 bits per heavy atom. The summed E-state index contributed by atoms with van der Waals surface area (Å²) >= 11 is 0. The van der Waals surface area contributed by atoms with Crippen molar-refractivity contribution < 1.29 is 33.6 Å². The van der Waals surface area contributed by atoms with Gasteiger partial charge in [0, 0.05) is 0 Å². The van der Waals surface area contributed by atoms with Crippen LogP contribution in [-0.4, -0.2) is 37.1 Å². The van der Waals surface area contributed by atoms with Crippen molar-refractivity contribution in [1.29, 1.82) is 0 Å². The normalized spacial score (nSPS) is 18.0. The van der Waals surface area contributed by atoms with Gasteiger partial charge in [-0.15, -0.1) is 0 Å². The molecule has 0 amide bonds. The Balaban J connectivity index is 1.54. The highest BCUT2D eigenvalue weighted by Gasteiger charge is 2.45. The first-order valence-corrected chi connectivity index (χ1v) is 8.27. The van der Waals surface area contributed by atoms with Crippen LogP contribution in [0.2, 0.25) is 0 Å². The molecule has 1 unspecified atom stereocenters. The summed E-state index contributed by atoms with van der Waals surface area (Å²) in [7, 11) is 0. The van der Waals surface area contributed by atoms with Crippen LogP contribution in [0, 0.1) is 0 Å². The van der Waals surface area contributed by atoms with Crippen LogP contribution in [0.15, 0.2) is 48.5 Å². The van der Waals surface area contributed by atoms with Crippen molar-refractivity contribution in [2.75, 3.05) is 19.8 Å². The lowest BCUT2D eigenvalue weighted by atomic mass is 10.2. The minimum atomic E-state index is -1.73. The fourth-order valence-electron chi connectivity index (χ4n) is 2.42. The second-order valence-electron chi connectivity index (χ2n) is 5.49. The fraction of sp³-hybridized carbons (Fsp3) is 0.316. The maximum atomic E-state index is 11.1. The topological polar surface area (TPSA) is 83.5 Å². The minimum absolute atomic E-state index is 0.0887. The zero-order chi connectivity index (χ0) is 18.4. The Labute approximate surface area is 151 Å². The molecule has 0 aromatic heterocycles. The van der Waals surface area contributed by atoms with Gasteiger partial charge in [-0.25, -0.2) is 4.79 Å². The van der Waals surface area contributed by atoms with E-state index in [-0.39, 0.29) is 24.5 Å². The summed E-state index contributed by atoms with van der Waals surface area (Å²) in [6.45, 7) is 3.01.